The fourth-order valence-corrected chi connectivity index (χ4v) is 2.11. The SMILES string of the molecule is CC(N)(c1ccc(Cl)cc1)c1cccc(C(F)(F)F)c1. The fraction of sp³-hybridized carbons (Fsp3) is 0.200. The van der Waals surface area contributed by atoms with E-state index >= 15 is 0 Å². The van der Waals surface area contributed by atoms with Crippen LogP contribution in [0.3, 0.4) is 0 Å². The van der Waals surface area contributed by atoms with Crippen LogP contribution < -0.4 is 5.73 Å². The van der Waals surface area contributed by atoms with E-state index in [0.717, 1.165) is 12.1 Å². The van der Waals surface area contributed by atoms with Crippen LogP contribution in [0.2, 0.25) is 5.02 Å². The quantitative estimate of drug-likeness (QED) is 0.863. The molecule has 0 fully saturated rings. The first kappa shape index (κ1) is 14.9. The molecule has 2 aromatic rings. The standard InChI is InChI=1S/C15H13ClF3N/c1-14(20,10-5-7-13(16)8-6-10)11-3-2-4-12(9-11)15(17,18)19/h2-9H,20H2,1H3. The van der Waals surface area contributed by atoms with Gasteiger partial charge in [0.2, 0.25) is 0 Å². The molecule has 2 N–H and O–H groups in total. The van der Waals surface area contributed by atoms with Crippen molar-refractivity contribution in [3.63, 3.8) is 0 Å². The number of nitrogens with two attached hydrogens (primary N) is 1. The maximum absolute atomic E-state index is 12.8. The third kappa shape index (κ3) is 2.97. The third-order valence-corrected chi connectivity index (χ3v) is 3.49. The molecule has 20 heavy (non-hydrogen) atoms. The highest BCUT2D eigenvalue weighted by Crippen LogP contribution is 2.33. The molecule has 2 aromatic carbocycles. The van der Waals surface area contributed by atoms with Crippen LogP contribution in [0.1, 0.15) is 23.6 Å². The van der Waals surface area contributed by atoms with Crippen LogP contribution in [0, 0.1) is 0 Å². The second-order valence-electron chi connectivity index (χ2n) is 4.79. The van der Waals surface area contributed by atoms with E-state index in [0.29, 0.717) is 16.1 Å². The molecule has 0 aliphatic heterocycles. The van der Waals surface area contributed by atoms with Crippen LogP contribution >= 0.6 is 11.6 Å². The highest BCUT2D eigenvalue weighted by molar-refractivity contribution is 6.30. The summed E-state index contributed by atoms with van der Waals surface area (Å²) in [7, 11) is 0. The predicted molar refractivity (Wildman–Crippen MR) is 73.5 cm³/mol. The number of benzene rings is 2. The van der Waals surface area contributed by atoms with Gasteiger partial charge in [0.05, 0.1) is 11.1 Å². The third-order valence-electron chi connectivity index (χ3n) is 3.23. The van der Waals surface area contributed by atoms with Gasteiger partial charge in [0.25, 0.3) is 0 Å². The van der Waals surface area contributed by atoms with Gasteiger partial charge in [-0.2, -0.15) is 13.2 Å². The summed E-state index contributed by atoms with van der Waals surface area (Å²) in [5, 5.41) is 0.550. The Bertz CT molecular complexity index is 603. The van der Waals surface area contributed by atoms with Gasteiger partial charge >= 0.3 is 6.18 Å². The minimum atomic E-state index is -4.38. The Labute approximate surface area is 120 Å². The van der Waals surface area contributed by atoms with Crippen molar-refractivity contribution in [1.29, 1.82) is 0 Å². The summed E-state index contributed by atoms with van der Waals surface area (Å²) in [6, 6.07) is 11.8. The van der Waals surface area contributed by atoms with Crippen LogP contribution in [0.5, 0.6) is 0 Å². The van der Waals surface area contributed by atoms with E-state index in [1.54, 1.807) is 37.3 Å². The first-order valence-corrected chi connectivity index (χ1v) is 6.32. The predicted octanol–water partition coefficient (Wildman–Crippen LogP) is 4.58. The Morgan fingerprint density at radius 2 is 1.45 bits per heavy atom. The molecular formula is C15H13ClF3N. The van der Waals surface area contributed by atoms with Crippen molar-refractivity contribution < 1.29 is 13.2 Å². The topological polar surface area (TPSA) is 26.0 Å². The van der Waals surface area contributed by atoms with Crippen LogP contribution in [0.25, 0.3) is 0 Å². The van der Waals surface area contributed by atoms with E-state index in [1.807, 2.05) is 0 Å². The summed E-state index contributed by atoms with van der Waals surface area (Å²) >= 11 is 5.80. The van der Waals surface area contributed by atoms with Crippen LogP contribution in [-0.4, -0.2) is 0 Å². The van der Waals surface area contributed by atoms with Crippen LogP contribution in [0.4, 0.5) is 13.2 Å². The lowest BCUT2D eigenvalue weighted by Gasteiger charge is -2.26. The minimum absolute atomic E-state index is 0.398. The molecule has 5 heteroatoms. The highest BCUT2D eigenvalue weighted by Gasteiger charge is 2.32. The molecule has 0 aromatic heterocycles. The van der Waals surface area contributed by atoms with E-state index < -0.39 is 17.3 Å². The van der Waals surface area contributed by atoms with Gasteiger partial charge < -0.3 is 5.73 Å². The van der Waals surface area contributed by atoms with Gasteiger partial charge in [0.1, 0.15) is 0 Å². The van der Waals surface area contributed by atoms with Gasteiger partial charge in [0.15, 0.2) is 0 Å². The molecule has 0 aliphatic rings. The number of rotatable bonds is 2. The van der Waals surface area contributed by atoms with Gasteiger partial charge in [-0.1, -0.05) is 35.9 Å². The van der Waals surface area contributed by atoms with Crippen molar-refractivity contribution in [3.8, 4) is 0 Å². The van der Waals surface area contributed by atoms with Crippen molar-refractivity contribution in [2.75, 3.05) is 0 Å². The summed E-state index contributed by atoms with van der Waals surface area (Å²) in [5.74, 6) is 0. The largest absolute Gasteiger partial charge is 0.416 e. The summed E-state index contributed by atoms with van der Waals surface area (Å²) < 4.78 is 38.3. The fourth-order valence-electron chi connectivity index (χ4n) is 1.98. The Morgan fingerprint density at radius 1 is 0.900 bits per heavy atom. The zero-order chi connectivity index (χ0) is 15.0. The second-order valence-corrected chi connectivity index (χ2v) is 5.22. The van der Waals surface area contributed by atoms with E-state index in [2.05, 4.69) is 0 Å². The molecule has 1 atom stereocenters. The molecule has 1 unspecified atom stereocenters. The van der Waals surface area contributed by atoms with Crippen molar-refractivity contribution >= 4 is 11.6 Å². The lowest BCUT2D eigenvalue weighted by molar-refractivity contribution is -0.137. The molecule has 0 saturated heterocycles. The molecular weight excluding hydrogens is 287 g/mol. The minimum Gasteiger partial charge on any atom is -0.318 e. The van der Waals surface area contributed by atoms with E-state index in [9.17, 15) is 13.2 Å². The van der Waals surface area contributed by atoms with Crippen molar-refractivity contribution in [1.82, 2.24) is 0 Å². The first-order chi connectivity index (χ1) is 9.21. The monoisotopic (exact) mass is 299 g/mol. The molecule has 0 aliphatic carbocycles. The zero-order valence-electron chi connectivity index (χ0n) is 10.7. The average Bonchev–Trinajstić information content (AvgIpc) is 2.38. The van der Waals surface area contributed by atoms with Crippen molar-refractivity contribution in [2.45, 2.75) is 18.6 Å². The Balaban J connectivity index is 2.46. The van der Waals surface area contributed by atoms with E-state index in [4.69, 9.17) is 17.3 Å². The van der Waals surface area contributed by atoms with Gasteiger partial charge in [0, 0.05) is 5.02 Å². The maximum atomic E-state index is 12.8. The number of hydrogen-bond acceptors (Lipinski definition) is 1. The summed E-state index contributed by atoms with van der Waals surface area (Å²) in [6.45, 7) is 1.67. The van der Waals surface area contributed by atoms with Crippen molar-refractivity contribution in [3.05, 3.63) is 70.2 Å². The van der Waals surface area contributed by atoms with E-state index in [1.165, 1.54) is 6.07 Å². The van der Waals surface area contributed by atoms with Crippen molar-refractivity contribution in [2.24, 2.45) is 5.73 Å². The molecule has 0 radical (unpaired) electrons. The maximum Gasteiger partial charge on any atom is 0.416 e. The Morgan fingerprint density at radius 3 is 2.00 bits per heavy atom. The Hall–Kier alpha value is -1.52. The zero-order valence-corrected chi connectivity index (χ0v) is 11.5. The van der Waals surface area contributed by atoms with Crippen LogP contribution in [-0.2, 0) is 11.7 Å². The van der Waals surface area contributed by atoms with E-state index in [-0.39, 0.29) is 0 Å². The van der Waals surface area contributed by atoms with Gasteiger partial charge in [-0.3, -0.25) is 0 Å². The average molecular weight is 300 g/mol. The number of halogens is 4. The smallest absolute Gasteiger partial charge is 0.318 e. The molecule has 106 valence electrons. The lowest BCUT2D eigenvalue weighted by Crippen LogP contribution is -2.34. The number of hydrogen-bond donors (Lipinski definition) is 1. The van der Waals surface area contributed by atoms with Gasteiger partial charge in [-0.05, 0) is 42.3 Å². The summed E-state index contributed by atoms with van der Waals surface area (Å²) in [5.41, 5.74) is 5.57. The molecule has 1 nitrogen and oxygen atoms in total. The summed E-state index contributed by atoms with van der Waals surface area (Å²) in [4.78, 5) is 0. The normalized spacial score (nSPS) is 14.9. The highest BCUT2D eigenvalue weighted by atomic mass is 35.5. The first-order valence-electron chi connectivity index (χ1n) is 5.94. The molecule has 0 bridgehead atoms. The Kier molecular flexibility index (Phi) is 3.80. The van der Waals surface area contributed by atoms with Crippen LogP contribution in [0.15, 0.2) is 48.5 Å². The second kappa shape index (κ2) is 5.11. The van der Waals surface area contributed by atoms with Gasteiger partial charge in [-0.25, -0.2) is 0 Å². The molecule has 0 heterocycles. The molecule has 0 spiro atoms. The summed E-state index contributed by atoms with van der Waals surface area (Å²) in [6.07, 6.45) is -4.38. The molecule has 0 amide bonds. The van der Waals surface area contributed by atoms with Gasteiger partial charge in [-0.15, -0.1) is 0 Å². The molecule has 0 saturated carbocycles. The number of alkyl halides is 3. The lowest BCUT2D eigenvalue weighted by atomic mass is 9.85. The molecule has 2 rings (SSSR count).